The van der Waals surface area contributed by atoms with Gasteiger partial charge in [-0.15, -0.1) is 11.3 Å². The molecule has 0 saturated heterocycles. The molecule has 0 spiro atoms. The van der Waals surface area contributed by atoms with Crippen LogP contribution in [-0.4, -0.2) is 34.1 Å². The molecule has 1 heterocycles. The number of hydrogen-bond acceptors (Lipinski definition) is 5. The summed E-state index contributed by atoms with van der Waals surface area (Å²) in [6, 6.07) is 1.28. The van der Waals surface area contributed by atoms with E-state index in [2.05, 4.69) is 5.32 Å². The van der Waals surface area contributed by atoms with Crippen molar-refractivity contribution >= 4 is 27.3 Å². The summed E-state index contributed by atoms with van der Waals surface area (Å²) in [5.41, 5.74) is 0.302. The summed E-state index contributed by atoms with van der Waals surface area (Å²) >= 11 is 0.936. The van der Waals surface area contributed by atoms with Crippen LogP contribution in [-0.2, 0) is 14.8 Å². The number of ether oxygens (including phenoxy) is 1. The fourth-order valence-electron chi connectivity index (χ4n) is 1.46. The molecule has 8 heteroatoms. The van der Waals surface area contributed by atoms with Crippen LogP contribution < -0.4 is 10.5 Å². The molecule has 1 aromatic heterocycles. The van der Waals surface area contributed by atoms with Crippen LogP contribution in [0.3, 0.4) is 0 Å². The Morgan fingerprint density at radius 2 is 2.26 bits per heavy atom. The van der Waals surface area contributed by atoms with Crippen LogP contribution in [0.15, 0.2) is 15.7 Å². The molecular formula is C11H16N2O4S2. The highest BCUT2D eigenvalue weighted by Gasteiger charge is 2.21. The minimum Gasteiger partial charge on any atom is -0.379 e. The van der Waals surface area contributed by atoms with Crippen molar-refractivity contribution in [1.29, 1.82) is 0 Å². The number of nitrogens with one attached hydrogen (secondary N) is 1. The number of carbonyl (C=O) groups is 1. The van der Waals surface area contributed by atoms with E-state index in [0.717, 1.165) is 17.9 Å². The molecule has 1 aliphatic carbocycles. The molecule has 1 amide bonds. The highest BCUT2D eigenvalue weighted by atomic mass is 32.2. The molecule has 2 rings (SSSR count). The maximum atomic E-state index is 11.7. The van der Waals surface area contributed by atoms with E-state index in [1.807, 2.05) is 0 Å². The van der Waals surface area contributed by atoms with Crippen LogP contribution in [0.4, 0.5) is 0 Å². The number of nitrogens with two attached hydrogens (primary N) is 1. The van der Waals surface area contributed by atoms with Gasteiger partial charge in [-0.1, -0.05) is 0 Å². The fourth-order valence-corrected chi connectivity index (χ4v) is 3.04. The van der Waals surface area contributed by atoms with E-state index < -0.39 is 10.0 Å². The maximum Gasteiger partial charge on any atom is 0.252 e. The quantitative estimate of drug-likeness (QED) is 0.719. The van der Waals surface area contributed by atoms with Crippen LogP contribution in [0.1, 0.15) is 23.2 Å². The zero-order valence-electron chi connectivity index (χ0n) is 10.3. The molecule has 1 saturated carbocycles. The third kappa shape index (κ3) is 4.57. The molecule has 0 bridgehead atoms. The number of rotatable bonds is 7. The molecule has 0 unspecified atom stereocenters. The average molecular weight is 304 g/mol. The van der Waals surface area contributed by atoms with E-state index in [4.69, 9.17) is 9.88 Å². The van der Waals surface area contributed by atoms with Crippen LogP contribution >= 0.6 is 11.3 Å². The van der Waals surface area contributed by atoms with Crippen molar-refractivity contribution in [1.82, 2.24) is 5.32 Å². The standard InChI is InChI=1S/C11H16N2O4S2/c12-19(15,16)10-5-9(7-18-10)11(14)13-3-4-17-6-8-1-2-8/h5,7-8H,1-4,6H2,(H,13,14)(H2,12,15,16). The average Bonchev–Trinajstić information content (AvgIpc) is 3.00. The molecule has 19 heavy (non-hydrogen) atoms. The van der Waals surface area contributed by atoms with Crippen LogP contribution in [0, 0.1) is 5.92 Å². The van der Waals surface area contributed by atoms with Gasteiger partial charge in [0.05, 0.1) is 12.2 Å². The zero-order chi connectivity index (χ0) is 13.9. The van der Waals surface area contributed by atoms with Gasteiger partial charge in [-0.3, -0.25) is 4.79 Å². The summed E-state index contributed by atoms with van der Waals surface area (Å²) < 4.78 is 27.5. The Bertz CT molecular complexity index is 549. The van der Waals surface area contributed by atoms with Gasteiger partial charge in [-0.2, -0.15) is 0 Å². The van der Waals surface area contributed by atoms with Gasteiger partial charge in [0, 0.05) is 18.5 Å². The summed E-state index contributed by atoms with van der Waals surface area (Å²) in [5.74, 6) is 0.381. The smallest absolute Gasteiger partial charge is 0.252 e. The van der Waals surface area contributed by atoms with E-state index >= 15 is 0 Å². The molecule has 1 aliphatic rings. The van der Waals surface area contributed by atoms with Gasteiger partial charge in [0.25, 0.3) is 5.91 Å². The van der Waals surface area contributed by atoms with Gasteiger partial charge in [0.15, 0.2) is 0 Å². The number of carbonyl (C=O) groups excluding carboxylic acids is 1. The first-order valence-electron chi connectivity index (χ1n) is 5.94. The lowest BCUT2D eigenvalue weighted by atomic mass is 10.3. The molecule has 1 aromatic rings. The number of hydrogen-bond donors (Lipinski definition) is 2. The molecule has 0 aromatic carbocycles. The number of amides is 1. The highest BCUT2D eigenvalue weighted by molar-refractivity contribution is 7.91. The normalized spacial score (nSPS) is 15.4. The van der Waals surface area contributed by atoms with Gasteiger partial charge in [-0.05, 0) is 24.8 Å². The predicted octanol–water partition coefficient (Wildman–Crippen LogP) is 0.552. The second-order valence-corrected chi connectivity index (χ2v) is 7.17. The Balaban J connectivity index is 1.74. The molecule has 0 aliphatic heterocycles. The first-order chi connectivity index (χ1) is 8.97. The molecule has 3 N–H and O–H groups in total. The summed E-state index contributed by atoms with van der Waals surface area (Å²) in [5, 5.41) is 9.11. The van der Waals surface area contributed by atoms with Gasteiger partial charge in [0.1, 0.15) is 4.21 Å². The number of thiophene rings is 1. The van der Waals surface area contributed by atoms with Crippen molar-refractivity contribution in [3.63, 3.8) is 0 Å². The Hall–Kier alpha value is -0.960. The summed E-state index contributed by atoms with van der Waals surface area (Å²) in [7, 11) is -3.73. The summed E-state index contributed by atoms with van der Waals surface area (Å²) in [6.07, 6.45) is 2.47. The Morgan fingerprint density at radius 1 is 1.53 bits per heavy atom. The van der Waals surface area contributed by atoms with Crippen LogP contribution in [0.25, 0.3) is 0 Å². The minimum atomic E-state index is -3.73. The lowest BCUT2D eigenvalue weighted by Gasteiger charge is -2.04. The SMILES string of the molecule is NS(=O)(=O)c1cc(C(=O)NCCOCC2CC2)cs1. The topological polar surface area (TPSA) is 98.5 Å². The number of sulfonamides is 1. The molecule has 0 atom stereocenters. The second-order valence-electron chi connectivity index (χ2n) is 4.47. The Labute approximate surface area is 116 Å². The third-order valence-electron chi connectivity index (χ3n) is 2.70. The predicted molar refractivity (Wildman–Crippen MR) is 71.6 cm³/mol. The summed E-state index contributed by atoms with van der Waals surface area (Å²) in [6.45, 7) is 1.63. The Kier molecular flexibility index (Phi) is 4.56. The van der Waals surface area contributed by atoms with E-state index in [1.54, 1.807) is 0 Å². The van der Waals surface area contributed by atoms with Crippen molar-refractivity contribution < 1.29 is 17.9 Å². The van der Waals surface area contributed by atoms with E-state index in [0.29, 0.717) is 24.6 Å². The van der Waals surface area contributed by atoms with Crippen molar-refractivity contribution in [2.75, 3.05) is 19.8 Å². The van der Waals surface area contributed by atoms with Crippen LogP contribution in [0.2, 0.25) is 0 Å². The van der Waals surface area contributed by atoms with E-state index in [1.165, 1.54) is 24.3 Å². The maximum absolute atomic E-state index is 11.7. The fraction of sp³-hybridized carbons (Fsp3) is 0.545. The second kappa shape index (κ2) is 6.00. The Morgan fingerprint density at radius 3 is 2.84 bits per heavy atom. The van der Waals surface area contributed by atoms with Gasteiger partial charge >= 0.3 is 0 Å². The molecule has 106 valence electrons. The third-order valence-corrected chi connectivity index (χ3v) is 5.09. The van der Waals surface area contributed by atoms with E-state index in [9.17, 15) is 13.2 Å². The van der Waals surface area contributed by atoms with Crippen molar-refractivity contribution in [3.8, 4) is 0 Å². The molecule has 0 radical (unpaired) electrons. The molecule has 6 nitrogen and oxygen atoms in total. The van der Waals surface area contributed by atoms with Crippen molar-refractivity contribution in [2.45, 2.75) is 17.1 Å². The monoisotopic (exact) mass is 304 g/mol. The van der Waals surface area contributed by atoms with Crippen molar-refractivity contribution in [2.24, 2.45) is 11.1 Å². The van der Waals surface area contributed by atoms with Gasteiger partial charge < -0.3 is 10.1 Å². The number of primary sulfonamides is 1. The van der Waals surface area contributed by atoms with Crippen molar-refractivity contribution in [3.05, 3.63) is 17.0 Å². The summed E-state index contributed by atoms with van der Waals surface area (Å²) in [4.78, 5) is 11.7. The van der Waals surface area contributed by atoms with Gasteiger partial charge in [-0.25, -0.2) is 13.6 Å². The van der Waals surface area contributed by atoms with E-state index in [-0.39, 0.29) is 10.1 Å². The van der Waals surface area contributed by atoms with Crippen LogP contribution in [0.5, 0.6) is 0 Å². The molecule has 1 fully saturated rings. The lowest BCUT2D eigenvalue weighted by Crippen LogP contribution is -2.27. The molecular weight excluding hydrogens is 288 g/mol. The lowest BCUT2D eigenvalue weighted by molar-refractivity contribution is 0.0907. The first kappa shape index (κ1) is 14.4. The largest absolute Gasteiger partial charge is 0.379 e. The minimum absolute atomic E-state index is 0.0115. The highest BCUT2D eigenvalue weighted by Crippen LogP contribution is 2.28. The first-order valence-corrected chi connectivity index (χ1v) is 8.36. The zero-order valence-corrected chi connectivity index (χ0v) is 11.9. The van der Waals surface area contributed by atoms with Gasteiger partial charge in [0.2, 0.25) is 10.0 Å².